The number of thioether (sulfide) groups is 4. The highest BCUT2D eigenvalue weighted by atomic mass is 32.2. The van der Waals surface area contributed by atoms with Gasteiger partial charge in [-0.05, 0) is 0 Å². The SMILES string of the molecule is O=C(C=C1SCCS1)NCPC1CSC(=CCC(=O)NCP)S1. The van der Waals surface area contributed by atoms with Crippen molar-refractivity contribution in [3.63, 3.8) is 0 Å². The molecule has 2 rings (SSSR count). The topological polar surface area (TPSA) is 58.2 Å². The highest BCUT2D eigenvalue weighted by Gasteiger charge is 2.21. The van der Waals surface area contributed by atoms with Crippen LogP contribution in [-0.2, 0) is 9.59 Å². The van der Waals surface area contributed by atoms with E-state index in [0.29, 0.717) is 26.3 Å². The van der Waals surface area contributed by atoms with E-state index in [9.17, 15) is 9.59 Å². The fraction of sp³-hybridized carbons (Fsp3) is 0.538. The molecule has 2 amide bonds. The first kappa shape index (κ1) is 20.0. The van der Waals surface area contributed by atoms with Gasteiger partial charge in [-0.2, -0.15) is 0 Å². The summed E-state index contributed by atoms with van der Waals surface area (Å²) in [6, 6.07) is 0. The van der Waals surface area contributed by atoms with Crippen LogP contribution in [0, 0.1) is 0 Å². The number of carbonyl (C=O) groups is 2. The van der Waals surface area contributed by atoms with Crippen LogP contribution in [0.25, 0.3) is 0 Å². The number of hydrogen-bond donors (Lipinski definition) is 2. The number of amides is 2. The van der Waals surface area contributed by atoms with Gasteiger partial charge in [0.1, 0.15) is 0 Å². The van der Waals surface area contributed by atoms with Gasteiger partial charge in [-0.3, -0.25) is 9.59 Å². The molecule has 2 saturated heterocycles. The summed E-state index contributed by atoms with van der Waals surface area (Å²) in [7, 11) is 3.18. The predicted octanol–water partition coefficient (Wildman–Crippen LogP) is 3.05. The molecule has 0 aromatic heterocycles. The first-order valence-electron chi connectivity index (χ1n) is 7.12. The fourth-order valence-corrected chi connectivity index (χ4v) is 8.99. The van der Waals surface area contributed by atoms with Gasteiger partial charge >= 0.3 is 0 Å². The van der Waals surface area contributed by atoms with Gasteiger partial charge in [0.25, 0.3) is 0 Å². The van der Waals surface area contributed by atoms with Crippen LogP contribution < -0.4 is 10.6 Å². The van der Waals surface area contributed by atoms with Crippen molar-refractivity contribution in [2.24, 2.45) is 0 Å². The average molecular weight is 427 g/mol. The van der Waals surface area contributed by atoms with Gasteiger partial charge in [0.15, 0.2) is 0 Å². The predicted molar refractivity (Wildman–Crippen MR) is 114 cm³/mol. The van der Waals surface area contributed by atoms with E-state index in [-0.39, 0.29) is 11.8 Å². The van der Waals surface area contributed by atoms with Crippen LogP contribution in [0.2, 0.25) is 0 Å². The highest BCUT2D eigenvalue weighted by Crippen LogP contribution is 2.48. The summed E-state index contributed by atoms with van der Waals surface area (Å²) in [5.74, 6) is 3.35. The largest absolute Gasteiger partial charge is 0.353 e. The summed E-state index contributed by atoms with van der Waals surface area (Å²) in [5, 5.41) is 5.74. The summed E-state index contributed by atoms with van der Waals surface area (Å²) in [6.07, 6.45) is 5.50. The summed E-state index contributed by atoms with van der Waals surface area (Å²) in [5.41, 5.74) is 0. The lowest BCUT2D eigenvalue weighted by atomic mass is 10.4. The smallest absolute Gasteiger partial charge is 0.245 e. The normalized spacial score (nSPS) is 22.9. The molecule has 0 spiro atoms. The van der Waals surface area contributed by atoms with E-state index in [0.717, 1.165) is 27.8 Å². The average Bonchev–Trinajstić information content (AvgIpc) is 3.17. The van der Waals surface area contributed by atoms with Crippen LogP contribution in [0.4, 0.5) is 0 Å². The molecule has 3 unspecified atom stereocenters. The molecule has 10 heteroatoms. The Kier molecular flexibility index (Phi) is 9.85. The second-order valence-electron chi connectivity index (χ2n) is 4.53. The molecule has 2 heterocycles. The third-order valence-corrected chi connectivity index (χ3v) is 10.4. The van der Waals surface area contributed by atoms with E-state index in [2.05, 4.69) is 19.9 Å². The molecule has 128 valence electrons. The third-order valence-electron chi connectivity index (χ3n) is 2.80. The van der Waals surface area contributed by atoms with Crippen LogP contribution in [0.3, 0.4) is 0 Å². The van der Waals surface area contributed by atoms with E-state index < -0.39 is 0 Å². The molecule has 0 radical (unpaired) electrons. The first-order chi connectivity index (χ1) is 11.2. The Labute approximate surface area is 158 Å². The lowest BCUT2D eigenvalue weighted by molar-refractivity contribution is -0.120. The lowest BCUT2D eigenvalue weighted by Gasteiger charge is -2.08. The molecule has 2 aliphatic rings. The second kappa shape index (κ2) is 11.3. The third kappa shape index (κ3) is 8.06. The van der Waals surface area contributed by atoms with E-state index in [1.165, 1.54) is 4.24 Å². The summed E-state index contributed by atoms with van der Waals surface area (Å²) in [6.45, 7) is 0. The molecular weight excluding hydrogens is 406 g/mol. The Morgan fingerprint density at radius 3 is 2.74 bits per heavy atom. The molecule has 0 aromatic carbocycles. The Hall–Kier alpha value is 0.680. The number of rotatable bonds is 7. The maximum absolute atomic E-state index is 11.8. The molecule has 23 heavy (non-hydrogen) atoms. The van der Waals surface area contributed by atoms with Crippen LogP contribution in [0.1, 0.15) is 6.42 Å². The zero-order valence-electron chi connectivity index (χ0n) is 12.5. The Balaban J connectivity index is 1.62. The van der Waals surface area contributed by atoms with E-state index in [1.54, 1.807) is 29.6 Å². The van der Waals surface area contributed by atoms with E-state index >= 15 is 0 Å². The number of carbonyl (C=O) groups excluding carboxylic acids is 2. The standard InChI is InChI=1S/C13H20N2O2P2S4/c16-9(14-7-18)1-2-12-22-6-11(23-12)19-8-15-10(17)5-13-20-3-4-21-13/h2,5,11,19H,1,3-4,6-8,18H2,(H,14,16)(H,15,17). The molecule has 2 N–H and O–H groups in total. The van der Waals surface area contributed by atoms with Crippen molar-refractivity contribution in [3.8, 4) is 0 Å². The van der Waals surface area contributed by atoms with Crippen molar-refractivity contribution >= 4 is 76.7 Å². The van der Waals surface area contributed by atoms with Gasteiger partial charge in [0.2, 0.25) is 11.8 Å². The quantitative estimate of drug-likeness (QED) is 0.482. The van der Waals surface area contributed by atoms with E-state index in [4.69, 9.17) is 0 Å². The Morgan fingerprint density at radius 2 is 2.00 bits per heavy atom. The number of hydrogen-bond acceptors (Lipinski definition) is 6. The summed E-state index contributed by atoms with van der Waals surface area (Å²) < 4.78 is 2.36. The second-order valence-corrected chi connectivity index (χ2v) is 11.9. The minimum atomic E-state index is 0.0231. The van der Waals surface area contributed by atoms with Crippen LogP contribution in [0.15, 0.2) is 20.6 Å². The maximum atomic E-state index is 11.8. The van der Waals surface area contributed by atoms with Gasteiger partial charge in [-0.25, -0.2) is 0 Å². The van der Waals surface area contributed by atoms with Crippen LogP contribution >= 0.6 is 64.9 Å². The Morgan fingerprint density at radius 1 is 1.22 bits per heavy atom. The molecule has 0 bridgehead atoms. The highest BCUT2D eigenvalue weighted by molar-refractivity contribution is 8.27. The summed E-state index contributed by atoms with van der Waals surface area (Å²) >= 11 is 7.16. The zero-order valence-corrected chi connectivity index (χ0v) is 17.9. The van der Waals surface area contributed by atoms with E-state index in [1.807, 2.05) is 29.6 Å². The van der Waals surface area contributed by atoms with Crippen molar-refractivity contribution in [1.82, 2.24) is 10.6 Å². The Bertz CT molecular complexity index is 494. The van der Waals surface area contributed by atoms with Crippen molar-refractivity contribution in [2.45, 2.75) is 11.4 Å². The molecule has 2 fully saturated rings. The molecule has 4 nitrogen and oxygen atoms in total. The molecule has 0 saturated carbocycles. The fourth-order valence-electron chi connectivity index (χ4n) is 1.76. The minimum absolute atomic E-state index is 0.0231. The molecular formula is C13H20N2O2P2S4. The van der Waals surface area contributed by atoms with Crippen molar-refractivity contribution < 1.29 is 9.59 Å². The van der Waals surface area contributed by atoms with Crippen LogP contribution in [0.5, 0.6) is 0 Å². The number of nitrogens with one attached hydrogen (secondary N) is 2. The van der Waals surface area contributed by atoms with Crippen molar-refractivity contribution in [3.05, 3.63) is 20.6 Å². The maximum Gasteiger partial charge on any atom is 0.245 e. The monoisotopic (exact) mass is 426 g/mol. The van der Waals surface area contributed by atoms with Gasteiger partial charge in [0, 0.05) is 55.8 Å². The van der Waals surface area contributed by atoms with Gasteiger partial charge in [-0.15, -0.1) is 56.3 Å². The van der Waals surface area contributed by atoms with Gasteiger partial charge in [0.05, 0.1) is 0 Å². The van der Waals surface area contributed by atoms with Gasteiger partial charge in [-0.1, -0.05) is 14.7 Å². The lowest BCUT2D eigenvalue weighted by Crippen LogP contribution is -2.20. The van der Waals surface area contributed by atoms with Gasteiger partial charge < -0.3 is 10.6 Å². The van der Waals surface area contributed by atoms with Crippen molar-refractivity contribution in [2.75, 3.05) is 29.8 Å². The molecule has 3 atom stereocenters. The minimum Gasteiger partial charge on any atom is -0.353 e. The molecule has 0 aliphatic carbocycles. The first-order valence-corrected chi connectivity index (χ1v) is 13.1. The zero-order chi connectivity index (χ0) is 16.5. The summed E-state index contributed by atoms with van der Waals surface area (Å²) in [4.78, 5) is 23.8. The van der Waals surface area contributed by atoms with Crippen LogP contribution in [-0.4, -0.2) is 46.6 Å². The molecule has 2 aliphatic heterocycles. The van der Waals surface area contributed by atoms with Crippen molar-refractivity contribution in [1.29, 1.82) is 0 Å². The molecule has 0 aromatic rings.